The SMILES string of the molecule is CC1Cc2c(C(N)=O)cccc2N1c1nc2c(c(NCc3cccc(B(O)O)c3)n1)COCC2. The number of nitrogens with zero attached hydrogens (tertiary/aromatic N) is 3. The number of hydrogen-bond donors (Lipinski definition) is 4. The van der Waals surface area contributed by atoms with E-state index in [1.54, 1.807) is 24.3 Å². The zero-order valence-electron chi connectivity index (χ0n) is 18.9. The number of carbonyl (C=O) groups excluding carboxylic acids is 1. The van der Waals surface area contributed by atoms with Gasteiger partial charge in [-0.15, -0.1) is 0 Å². The second-order valence-electron chi connectivity index (χ2n) is 8.66. The van der Waals surface area contributed by atoms with Crippen LogP contribution in [0.3, 0.4) is 0 Å². The molecule has 5 rings (SSSR count). The van der Waals surface area contributed by atoms with Crippen molar-refractivity contribution in [2.75, 3.05) is 16.8 Å². The van der Waals surface area contributed by atoms with Crippen molar-refractivity contribution in [2.24, 2.45) is 5.73 Å². The third-order valence-corrected chi connectivity index (χ3v) is 6.35. The Balaban J connectivity index is 1.51. The first-order valence-electron chi connectivity index (χ1n) is 11.3. The molecule has 34 heavy (non-hydrogen) atoms. The van der Waals surface area contributed by atoms with Crippen LogP contribution in [0.5, 0.6) is 0 Å². The van der Waals surface area contributed by atoms with Crippen LogP contribution >= 0.6 is 0 Å². The number of rotatable bonds is 6. The Bertz CT molecular complexity index is 1250. The number of nitrogens with one attached hydrogen (secondary N) is 1. The summed E-state index contributed by atoms with van der Waals surface area (Å²) >= 11 is 0. The van der Waals surface area contributed by atoms with Crippen LogP contribution in [0.2, 0.25) is 0 Å². The molecule has 174 valence electrons. The molecule has 3 aromatic rings. The van der Waals surface area contributed by atoms with Gasteiger partial charge in [0.05, 0.1) is 18.9 Å². The fourth-order valence-corrected chi connectivity index (χ4v) is 4.70. The van der Waals surface area contributed by atoms with Crippen molar-refractivity contribution >= 4 is 35.9 Å². The molecule has 2 aromatic carbocycles. The Labute approximate surface area is 197 Å². The smallest absolute Gasteiger partial charge is 0.423 e. The zero-order valence-corrected chi connectivity index (χ0v) is 18.9. The molecule has 1 aromatic heterocycles. The van der Waals surface area contributed by atoms with E-state index in [2.05, 4.69) is 17.1 Å². The van der Waals surface area contributed by atoms with Gasteiger partial charge in [-0.05, 0) is 42.1 Å². The van der Waals surface area contributed by atoms with Crippen LogP contribution in [-0.2, 0) is 30.7 Å². The summed E-state index contributed by atoms with van der Waals surface area (Å²) in [7, 11) is -1.52. The van der Waals surface area contributed by atoms with Gasteiger partial charge in [0.25, 0.3) is 0 Å². The molecule has 0 radical (unpaired) electrons. The quantitative estimate of drug-likeness (QED) is 0.402. The second kappa shape index (κ2) is 9.05. The van der Waals surface area contributed by atoms with Gasteiger partial charge in [0.2, 0.25) is 11.9 Å². The van der Waals surface area contributed by atoms with Crippen LogP contribution < -0.4 is 21.4 Å². The van der Waals surface area contributed by atoms with Gasteiger partial charge < -0.3 is 30.7 Å². The first-order valence-corrected chi connectivity index (χ1v) is 11.3. The third kappa shape index (κ3) is 4.11. The van der Waals surface area contributed by atoms with Gasteiger partial charge in [-0.1, -0.05) is 30.3 Å². The highest BCUT2D eigenvalue weighted by Gasteiger charge is 2.33. The Morgan fingerprint density at radius 2 is 2.06 bits per heavy atom. The third-order valence-electron chi connectivity index (χ3n) is 6.35. The second-order valence-corrected chi connectivity index (χ2v) is 8.66. The van der Waals surface area contributed by atoms with Crippen molar-refractivity contribution in [3.63, 3.8) is 0 Å². The van der Waals surface area contributed by atoms with Gasteiger partial charge in [-0.3, -0.25) is 4.79 Å². The molecule has 0 fully saturated rings. The molecule has 2 aliphatic heterocycles. The Morgan fingerprint density at radius 1 is 1.24 bits per heavy atom. The zero-order chi connectivity index (χ0) is 23.8. The van der Waals surface area contributed by atoms with Gasteiger partial charge in [-0.25, -0.2) is 4.98 Å². The number of carbonyl (C=O) groups is 1. The number of fused-ring (bicyclic) bond motifs is 2. The predicted octanol–water partition coefficient (Wildman–Crippen LogP) is 1.02. The maximum Gasteiger partial charge on any atom is 0.488 e. The van der Waals surface area contributed by atoms with E-state index in [1.165, 1.54) is 0 Å². The highest BCUT2D eigenvalue weighted by atomic mass is 16.5. The van der Waals surface area contributed by atoms with Crippen LogP contribution in [0, 0.1) is 0 Å². The fraction of sp³-hybridized carbons (Fsp3) is 0.292. The predicted molar refractivity (Wildman–Crippen MR) is 129 cm³/mol. The number of primary amides is 1. The lowest BCUT2D eigenvalue weighted by Crippen LogP contribution is -2.30. The number of anilines is 3. The van der Waals surface area contributed by atoms with Crippen molar-refractivity contribution in [3.05, 3.63) is 70.4 Å². The summed E-state index contributed by atoms with van der Waals surface area (Å²) in [6, 6.07) is 12.7. The van der Waals surface area contributed by atoms with E-state index in [0.29, 0.717) is 55.4 Å². The molecule has 0 saturated carbocycles. The Kier molecular flexibility index (Phi) is 5.95. The Hall–Kier alpha value is -3.47. The maximum atomic E-state index is 12.0. The van der Waals surface area contributed by atoms with Gasteiger partial charge in [0, 0.05) is 35.8 Å². The number of hydrogen-bond acceptors (Lipinski definition) is 8. The highest BCUT2D eigenvalue weighted by Crippen LogP contribution is 2.39. The van der Waals surface area contributed by atoms with Crippen LogP contribution in [0.1, 0.15) is 39.7 Å². The van der Waals surface area contributed by atoms with E-state index >= 15 is 0 Å². The first-order chi connectivity index (χ1) is 16.4. The molecule has 1 atom stereocenters. The number of aromatic nitrogens is 2. The van der Waals surface area contributed by atoms with Gasteiger partial charge >= 0.3 is 7.12 Å². The average molecular weight is 459 g/mol. The lowest BCUT2D eigenvalue weighted by molar-refractivity contribution is 0.0999. The summed E-state index contributed by atoms with van der Waals surface area (Å²) in [5, 5.41) is 22.3. The minimum Gasteiger partial charge on any atom is -0.423 e. The van der Waals surface area contributed by atoms with Crippen molar-refractivity contribution in [1.29, 1.82) is 0 Å². The van der Waals surface area contributed by atoms with Crippen molar-refractivity contribution in [1.82, 2.24) is 9.97 Å². The molecular formula is C24H26BN5O4. The summed E-state index contributed by atoms with van der Waals surface area (Å²) in [4.78, 5) is 23.8. The number of ether oxygens (including phenoxy) is 1. The number of benzene rings is 2. The fourth-order valence-electron chi connectivity index (χ4n) is 4.70. The lowest BCUT2D eigenvalue weighted by Gasteiger charge is -2.26. The molecule has 0 spiro atoms. The highest BCUT2D eigenvalue weighted by molar-refractivity contribution is 6.58. The van der Waals surface area contributed by atoms with E-state index in [4.69, 9.17) is 20.4 Å². The van der Waals surface area contributed by atoms with E-state index in [0.717, 1.165) is 28.1 Å². The van der Waals surface area contributed by atoms with E-state index < -0.39 is 13.0 Å². The monoisotopic (exact) mass is 459 g/mol. The molecule has 0 aliphatic carbocycles. The molecule has 9 nitrogen and oxygen atoms in total. The van der Waals surface area contributed by atoms with E-state index in [-0.39, 0.29) is 6.04 Å². The van der Waals surface area contributed by atoms with Crippen LogP contribution in [0.25, 0.3) is 0 Å². The summed E-state index contributed by atoms with van der Waals surface area (Å²) in [5.74, 6) is 0.809. The average Bonchev–Trinajstić information content (AvgIpc) is 3.18. The van der Waals surface area contributed by atoms with Crippen LogP contribution in [-0.4, -0.2) is 45.7 Å². The molecular weight excluding hydrogens is 433 g/mol. The summed E-state index contributed by atoms with van der Waals surface area (Å²) in [6.07, 6.45) is 1.36. The molecule has 1 amide bonds. The van der Waals surface area contributed by atoms with E-state index in [1.807, 2.05) is 18.2 Å². The summed E-state index contributed by atoms with van der Waals surface area (Å²) < 4.78 is 5.67. The number of amides is 1. The summed E-state index contributed by atoms with van der Waals surface area (Å²) in [5.41, 5.74) is 11.1. The lowest BCUT2D eigenvalue weighted by atomic mass is 9.79. The van der Waals surface area contributed by atoms with Crippen LogP contribution in [0.4, 0.5) is 17.5 Å². The maximum absolute atomic E-state index is 12.0. The molecule has 2 aliphatic rings. The molecule has 10 heteroatoms. The van der Waals surface area contributed by atoms with Crippen molar-refractivity contribution < 1.29 is 19.6 Å². The van der Waals surface area contributed by atoms with Gasteiger partial charge in [0.15, 0.2) is 0 Å². The minimum absolute atomic E-state index is 0.0592. The standard InChI is InChI=1S/C24H26BN5O4/c1-14-10-18-17(22(26)31)6-3-7-21(18)30(14)24-28-20-8-9-34-13-19(20)23(29-24)27-12-15-4-2-5-16(11-15)25(32)33/h2-7,11,14,32-33H,8-10,12-13H2,1H3,(H2,26,31)(H,27,28,29). The van der Waals surface area contributed by atoms with Gasteiger partial charge in [0.1, 0.15) is 5.82 Å². The number of nitrogens with two attached hydrogens (primary N) is 1. The van der Waals surface area contributed by atoms with Crippen molar-refractivity contribution in [2.45, 2.75) is 39.0 Å². The molecule has 0 bridgehead atoms. The summed E-state index contributed by atoms with van der Waals surface area (Å²) in [6.45, 7) is 3.54. The van der Waals surface area contributed by atoms with Crippen LogP contribution in [0.15, 0.2) is 42.5 Å². The largest absolute Gasteiger partial charge is 0.488 e. The normalized spacial score (nSPS) is 16.7. The van der Waals surface area contributed by atoms with E-state index in [9.17, 15) is 14.8 Å². The molecule has 5 N–H and O–H groups in total. The molecule has 1 unspecified atom stereocenters. The first kappa shape index (κ1) is 22.3. The van der Waals surface area contributed by atoms with Gasteiger partial charge in [-0.2, -0.15) is 4.98 Å². The topological polar surface area (TPSA) is 134 Å². The van der Waals surface area contributed by atoms with Crippen molar-refractivity contribution in [3.8, 4) is 0 Å². The Morgan fingerprint density at radius 3 is 2.85 bits per heavy atom. The minimum atomic E-state index is -1.52. The molecule has 3 heterocycles. The molecule has 0 saturated heterocycles.